The van der Waals surface area contributed by atoms with Crippen molar-refractivity contribution in [3.63, 3.8) is 0 Å². The molecule has 0 heterocycles. The number of hydrogen-bond donors (Lipinski definition) is 1. The minimum Gasteiger partial charge on any atom is -0.481 e. The predicted octanol–water partition coefficient (Wildman–Crippen LogP) is 7.61. The molecule has 0 saturated carbocycles. The number of Topliss-reactive ketones (excluding diaryl/α,β-unsaturated/α-hetero) is 1. The average Bonchev–Trinajstić information content (AvgIpc) is 3.01. The van der Waals surface area contributed by atoms with Crippen LogP contribution in [0.3, 0.4) is 0 Å². The van der Waals surface area contributed by atoms with Crippen LogP contribution in [-0.2, 0) is 14.0 Å². The van der Waals surface area contributed by atoms with Gasteiger partial charge in [0.15, 0.2) is 8.32 Å². The molecule has 2 atom stereocenters. The van der Waals surface area contributed by atoms with E-state index in [1.54, 1.807) is 0 Å². The number of ketones is 1. The molecule has 0 aromatic carbocycles. The summed E-state index contributed by atoms with van der Waals surface area (Å²) in [6, 6.07) is 0. The molecule has 0 aromatic rings. The van der Waals surface area contributed by atoms with Crippen molar-refractivity contribution >= 4 is 20.1 Å². The lowest BCUT2D eigenvalue weighted by atomic mass is 9.86. The van der Waals surface area contributed by atoms with Gasteiger partial charge in [0.2, 0.25) is 0 Å². The minimum absolute atomic E-state index is 0.0136. The molecule has 0 amide bonds. The van der Waals surface area contributed by atoms with Gasteiger partial charge in [-0.2, -0.15) is 0 Å². The lowest BCUT2D eigenvalue weighted by Crippen LogP contribution is -2.48. The first-order chi connectivity index (χ1) is 14.8. The topological polar surface area (TPSA) is 63.6 Å². The Morgan fingerprint density at radius 1 is 1.22 bits per heavy atom. The number of carbonyl (C=O) groups is 2. The lowest BCUT2D eigenvalue weighted by Gasteiger charge is -2.45. The number of rotatable bonds is 14. The Kier molecular flexibility index (Phi) is 11.4. The van der Waals surface area contributed by atoms with Crippen LogP contribution in [0.4, 0.5) is 0 Å². The molecule has 1 aliphatic rings. The number of hydrogen-bond acceptors (Lipinski definition) is 3. The first-order valence-corrected chi connectivity index (χ1v) is 15.2. The van der Waals surface area contributed by atoms with E-state index in [0.717, 1.165) is 32.1 Å². The van der Waals surface area contributed by atoms with Gasteiger partial charge in [0.1, 0.15) is 5.78 Å². The molecule has 1 N–H and O–H groups in total. The zero-order chi connectivity index (χ0) is 24.4. The van der Waals surface area contributed by atoms with Crippen LogP contribution in [-0.4, -0.2) is 30.8 Å². The molecule has 182 valence electrons. The van der Waals surface area contributed by atoms with Crippen LogP contribution in [0.25, 0.3) is 0 Å². The van der Waals surface area contributed by atoms with Crippen LogP contribution in [0.1, 0.15) is 98.8 Å². The molecule has 0 saturated heterocycles. The minimum atomic E-state index is -1.89. The molecule has 0 aromatic heterocycles. The van der Waals surface area contributed by atoms with E-state index < -0.39 is 14.3 Å². The summed E-state index contributed by atoms with van der Waals surface area (Å²) >= 11 is 0. The monoisotopic (exact) mass is 462 g/mol. The molecular formula is C27H46O4Si. The highest BCUT2D eigenvalue weighted by molar-refractivity contribution is 6.74. The van der Waals surface area contributed by atoms with E-state index >= 15 is 0 Å². The zero-order valence-electron chi connectivity index (χ0n) is 21.6. The van der Waals surface area contributed by atoms with Gasteiger partial charge in [0.05, 0.1) is 12.0 Å². The number of carbonyl (C=O) groups excluding carboxylic acids is 1. The number of carboxylic acids is 1. The molecule has 0 radical (unpaired) electrons. The maximum absolute atomic E-state index is 12.5. The second-order valence-electron chi connectivity index (χ2n) is 11.0. The van der Waals surface area contributed by atoms with Crippen molar-refractivity contribution in [2.24, 2.45) is 5.92 Å². The van der Waals surface area contributed by atoms with Gasteiger partial charge in [-0.05, 0) is 69.3 Å². The van der Waals surface area contributed by atoms with E-state index in [1.807, 2.05) is 6.08 Å². The fourth-order valence-electron chi connectivity index (χ4n) is 4.06. The number of aliphatic carboxylic acids is 1. The van der Waals surface area contributed by atoms with E-state index in [-0.39, 0.29) is 23.0 Å². The van der Waals surface area contributed by atoms with Crippen LogP contribution in [0.5, 0.6) is 0 Å². The molecule has 0 bridgehead atoms. The average molecular weight is 463 g/mol. The van der Waals surface area contributed by atoms with Crippen LogP contribution in [0, 0.1) is 5.92 Å². The van der Waals surface area contributed by atoms with Crippen LogP contribution in [0.15, 0.2) is 29.5 Å². The summed E-state index contributed by atoms with van der Waals surface area (Å²) < 4.78 is 6.96. The van der Waals surface area contributed by atoms with Crippen molar-refractivity contribution in [3.8, 4) is 0 Å². The first kappa shape index (κ1) is 28.6. The smallest absolute Gasteiger partial charge is 0.307 e. The van der Waals surface area contributed by atoms with Crippen molar-refractivity contribution in [1.82, 2.24) is 0 Å². The van der Waals surface area contributed by atoms with Crippen LogP contribution in [0.2, 0.25) is 18.1 Å². The van der Waals surface area contributed by atoms with Gasteiger partial charge in [0.25, 0.3) is 0 Å². The van der Waals surface area contributed by atoms with E-state index in [1.165, 1.54) is 30.9 Å². The fraction of sp³-hybridized carbons (Fsp3) is 0.741. The molecule has 1 aliphatic carbocycles. The molecular weight excluding hydrogens is 416 g/mol. The quantitative estimate of drug-likeness (QED) is 0.125. The number of allylic oxidation sites excluding steroid dienone is 2. The fourth-order valence-corrected chi connectivity index (χ4v) is 5.80. The highest BCUT2D eigenvalue weighted by Gasteiger charge is 2.43. The van der Waals surface area contributed by atoms with Gasteiger partial charge in [-0.25, -0.2) is 0 Å². The molecule has 5 heteroatoms. The summed E-state index contributed by atoms with van der Waals surface area (Å²) in [7, 11) is -1.89. The van der Waals surface area contributed by atoms with Gasteiger partial charge >= 0.3 is 5.97 Å². The van der Waals surface area contributed by atoms with Gasteiger partial charge in [0, 0.05) is 12.3 Å². The molecule has 32 heavy (non-hydrogen) atoms. The lowest BCUT2D eigenvalue weighted by molar-refractivity contribution is -0.136. The van der Waals surface area contributed by atoms with Crippen molar-refractivity contribution in [2.45, 2.75) is 123 Å². The Bertz CT molecular complexity index is 722. The second-order valence-corrected chi connectivity index (χ2v) is 15.7. The maximum atomic E-state index is 12.5. The standard InChI is InChI=1S/C27H46O4Si/c1-8-9-14-20-27(5,31-32(6,7)26(2,3)4)21-19-22-17-18-24(28)23(22)15-12-10-11-13-16-25(29)30/h10,13,17,23H,8-9,12,14-16,18-21H2,1-7H3,(H,29,30)/t11?,23-,27+/m1/s1. The summed E-state index contributed by atoms with van der Waals surface area (Å²) in [5.41, 5.74) is 4.02. The third-order valence-corrected chi connectivity index (χ3v) is 11.7. The molecule has 0 unspecified atom stereocenters. The summed E-state index contributed by atoms with van der Waals surface area (Å²) in [4.78, 5) is 23.1. The summed E-state index contributed by atoms with van der Waals surface area (Å²) in [6.45, 7) is 16.0. The third-order valence-electron chi connectivity index (χ3n) is 7.07. The van der Waals surface area contributed by atoms with Crippen LogP contribution >= 0.6 is 0 Å². The van der Waals surface area contributed by atoms with Crippen molar-refractivity contribution in [2.75, 3.05) is 0 Å². The number of unbranched alkanes of at least 4 members (excludes halogenated alkanes) is 2. The predicted molar refractivity (Wildman–Crippen MR) is 135 cm³/mol. The molecule has 0 spiro atoms. The van der Waals surface area contributed by atoms with Crippen LogP contribution < -0.4 is 0 Å². The Hall–Kier alpha value is -1.42. The SMILES string of the molecule is CCCCC[C@@](C)(CCC1=CCC(=O)[C@@H]1CCC=C=CCC(=O)O)O[Si](C)(C)C(C)(C)C. The molecule has 4 nitrogen and oxygen atoms in total. The summed E-state index contributed by atoms with van der Waals surface area (Å²) in [5.74, 6) is -0.565. The van der Waals surface area contributed by atoms with Crippen molar-refractivity contribution < 1.29 is 19.1 Å². The van der Waals surface area contributed by atoms with Crippen molar-refractivity contribution in [1.29, 1.82) is 0 Å². The number of carboxylic acid groups (broad SMARTS) is 1. The normalized spacial score (nSPS) is 18.7. The molecule has 0 aliphatic heterocycles. The van der Waals surface area contributed by atoms with E-state index in [0.29, 0.717) is 12.2 Å². The summed E-state index contributed by atoms with van der Waals surface area (Å²) in [5, 5.41) is 8.85. The Morgan fingerprint density at radius 3 is 2.50 bits per heavy atom. The Labute approximate surface area is 197 Å². The van der Waals surface area contributed by atoms with E-state index in [2.05, 4.69) is 59.5 Å². The molecule has 1 rings (SSSR count). The van der Waals surface area contributed by atoms with Gasteiger partial charge < -0.3 is 9.53 Å². The Balaban J connectivity index is 2.80. The Morgan fingerprint density at radius 2 is 1.91 bits per heavy atom. The van der Waals surface area contributed by atoms with E-state index in [9.17, 15) is 9.59 Å². The van der Waals surface area contributed by atoms with Gasteiger partial charge in [-0.3, -0.25) is 9.59 Å². The van der Waals surface area contributed by atoms with Crippen molar-refractivity contribution in [3.05, 3.63) is 29.5 Å². The summed E-state index contributed by atoms with van der Waals surface area (Å²) in [6.07, 6.45) is 14.1. The first-order valence-electron chi connectivity index (χ1n) is 12.3. The maximum Gasteiger partial charge on any atom is 0.307 e. The van der Waals surface area contributed by atoms with Gasteiger partial charge in [-0.1, -0.05) is 58.6 Å². The zero-order valence-corrected chi connectivity index (χ0v) is 22.6. The van der Waals surface area contributed by atoms with E-state index in [4.69, 9.17) is 9.53 Å². The van der Waals surface area contributed by atoms with Gasteiger partial charge in [-0.15, -0.1) is 5.73 Å². The second kappa shape index (κ2) is 12.7. The highest BCUT2D eigenvalue weighted by atomic mass is 28.4. The molecule has 0 fully saturated rings. The largest absolute Gasteiger partial charge is 0.481 e. The third kappa shape index (κ3) is 9.60. The highest BCUT2D eigenvalue weighted by Crippen LogP contribution is 2.42.